The summed E-state index contributed by atoms with van der Waals surface area (Å²) in [5, 5.41) is 41.1. The van der Waals surface area contributed by atoms with E-state index in [-0.39, 0.29) is 5.56 Å². The number of nitro groups is 2. The van der Waals surface area contributed by atoms with Gasteiger partial charge in [0.15, 0.2) is 5.78 Å². The van der Waals surface area contributed by atoms with Gasteiger partial charge in [-0.1, -0.05) is 30.3 Å². The molecule has 0 aliphatic heterocycles. The summed E-state index contributed by atoms with van der Waals surface area (Å²) in [6.45, 7) is 0. The molecule has 9 heteroatoms. The van der Waals surface area contributed by atoms with Gasteiger partial charge in [0.1, 0.15) is 0 Å². The Balaban J connectivity index is 2.74. The second-order valence-corrected chi connectivity index (χ2v) is 4.20. The SMILES string of the molecule is O=C(c1ccccc1)c1cc([N+](=O)[O-])c(O)c([N+](=O)[O-])c1O. The second-order valence-electron chi connectivity index (χ2n) is 4.20. The number of phenolic OH excluding ortho intramolecular Hbond substituents is 2. The largest absolute Gasteiger partial charge is 0.501 e. The van der Waals surface area contributed by atoms with Crippen LogP contribution >= 0.6 is 0 Å². The zero-order valence-electron chi connectivity index (χ0n) is 10.8. The van der Waals surface area contributed by atoms with Crippen LogP contribution in [0, 0.1) is 20.2 Å². The lowest BCUT2D eigenvalue weighted by Gasteiger charge is -2.06. The zero-order chi connectivity index (χ0) is 16.4. The molecule has 112 valence electrons. The van der Waals surface area contributed by atoms with Crippen molar-refractivity contribution in [2.45, 2.75) is 0 Å². The molecule has 0 aliphatic carbocycles. The summed E-state index contributed by atoms with van der Waals surface area (Å²) in [5.41, 5.74) is -2.88. The number of rotatable bonds is 4. The molecule has 0 saturated heterocycles. The number of hydrogen-bond donors (Lipinski definition) is 2. The summed E-state index contributed by atoms with van der Waals surface area (Å²) in [5.74, 6) is -3.27. The molecule has 0 saturated carbocycles. The lowest BCUT2D eigenvalue weighted by atomic mass is 10.0. The third-order valence-corrected chi connectivity index (χ3v) is 2.89. The fraction of sp³-hybridized carbons (Fsp3) is 0. The van der Waals surface area contributed by atoms with Crippen LogP contribution in [0.1, 0.15) is 15.9 Å². The van der Waals surface area contributed by atoms with E-state index in [2.05, 4.69) is 0 Å². The number of aromatic hydroxyl groups is 2. The van der Waals surface area contributed by atoms with Crippen LogP contribution in [0.5, 0.6) is 11.5 Å². The van der Waals surface area contributed by atoms with E-state index in [1.165, 1.54) is 24.3 Å². The maximum Gasteiger partial charge on any atom is 0.360 e. The van der Waals surface area contributed by atoms with Crippen molar-refractivity contribution in [1.82, 2.24) is 0 Å². The van der Waals surface area contributed by atoms with E-state index in [4.69, 9.17) is 0 Å². The highest BCUT2D eigenvalue weighted by Gasteiger charge is 2.34. The first-order valence-corrected chi connectivity index (χ1v) is 5.82. The Morgan fingerprint density at radius 1 is 0.955 bits per heavy atom. The predicted molar refractivity (Wildman–Crippen MR) is 73.0 cm³/mol. The molecule has 0 aliphatic rings. The number of carbonyl (C=O) groups is 1. The molecule has 9 nitrogen and oxygen atoms in total. The van der Waals surface area contributed by atoms with E-state index in [0.717, 1.165) is 0 Å². The quantitative estimate of drug-likeness (QED) is 0.500. The van der Waals surface area contributed by atoms with Crippen LogP contribution in [-0.2, 0) is 0 Å². The third kappa shape index (κ3) is 2.42. The Labute approximate surface area is 122 Å². The lowest BCUT2D eigenvalue weighted by molar-refractivity contribution is -0.396. The fourth-order valence-electron chi connectivity index (χ4n) is 1.86. The Hall–Kier alpha value is -3.49. The van der Waals surface area contributed by atoms with Crippen LogP contribution in [0.25, 0.3) is 0 Å². The number of ketones is 1. The highest BCUT2D eigenvalue weighted by molar-refractivity contribution is 6.12. The van der Waals surface area contributed by atoms with E-state index in [0.29, 0.717) is 6.07 Å². The molecule has 0 atom stereocenters. The average molecular weight is 304 g/mol. The van der Waals surface area contributed by atoms with E-state index in [9.17, 15) is 35.2 Å². The molecule has 2 aromatic carbocycles. The molecule has 2 N–H and O–H groups in total. The molecular formula is C13H8N2O7. The Kier molecular flexibility index (Phi) is 3.71. The lowest BCUT2D eigenvalue weighted by Crippen LogP contribution is -2.05. The smallest absolute Gasteiger partial charge is 0.360 e. The molecule has 0 bridgehead atoms. The van der Waals surface area contributed by atoms with E-state index in [1.54, 1.807) is 6.07 Å². The maximum atomic E-state index is 12.2. The predicted octanol–water partition coefficient (Wildman–Crippen LogP) is 2.15. The molecular weight excluding hydrogens is 296 g/mol. The zero-order valence-corrected chi connectivity index (χ0v) is 10.8. The van der Waals surface area contributed by atoms with Gasteiger partial charge in [-0.3, -0.25) is 25.0 Å². The van der Waals surface area contributed by atoms with Gasteiger partial charge in [-0.25, -0.2) is 0 Å². The van der Waals surface area contributed by atoms with Gasteiger partial charge in [0, 0.05) is 11.6 Å². The summed E-state index contributed by atoms with van der Waals surface area (Å²) in [7, 11) is 0. The van der Waals surface area contributed by atoms with Crippen molar-refractivity contribution in [2.75, 3.05) is 0 Å². The van der Waals surface area contributed by atoms with Crippen LogP contribution < -0.4 is 0 Å². The van der Waals surface area contributed by atoms with Gasteiger partial charge in [-0.05, 0) is 0 Å². The van der Waals surface area contributed by atoms with Crippen molar-refractivity contribution in [2.24, 2.45) is 0 Å². The van der Waals surface area contributed by atoms with Crippen LogP contribution in [0.2, 0.25) is 0 Å². The van der Waals surface area contributed by atoms with Crippen molar-refractivity contribution in [3.8, 4) is 11.5 Å². The molecule has 0 unspecified atom stereocenters. The van der Waals surface area contributed by atoms with Gasteiger partial charge in [-0.15, -0.1) is 0 Å². The molecule has 0 fully saturated rings. The summed E-state index contributed by atoms with van der Waals surface area (Å²) in [6, 6.07) is 8.03. The first-order chi connectivity index (χ1) is 10.3. The molecule has 2 aromatic rings. The summed E-state index contributed by atoms with van der Waals surface area (Å²) in [4.78, 5) is 31.7. The minimum atomic E-state index is -1.31. The minimum absolute atomic E-state index is 0.0760. The molecule has 0 radical (unpaired) electrons. The number of hydrogen-bond acceptors (Lipinski definition) is 7. The first-order valence-electron chi connectivity index (χ1n) is 5.82. The summed E-state index contributed by atoms with van der Waals surface area (Å²) >= 11 is 0. The molecule has 0 heterocycles. The first kappa shape index (κ1) is 14.9. The second kappa shape index (κ2) is 5.48. The number of nitro benzene ring substituents is 2. The average Bonchev–Trinajstić information content (AvgIpc) is 2.47. The molecule has 2 rings (SSSR count). The number of nitrogens with zero attached hydrogens (tertiary/aromatic N) is 2. The summed E-state index contributed by atoms with van der Waals surface area (Å²) < 4.78 is 0. The van der Waals surface area contributed by atoms with Gasteiger partial charge in [0.2, 0.25) is 5.75 Å². The summed E-state index contributed by atoms with van der Waals surface area (Å²) in [6.07, 6.45) is 0. The normalized spacial score (nSPS) is 10.2. The number of carbonyl (C=O) groups excluding carboxylic acids is 1. The highest BCUT2D eigenvalue weighted by Crippen LogP contribution is 2.45. The minimum Gasteiger partial charge on any atom is -0.501 e. The monoisotopic (exact) mass is 304 g/mol. The maximum absolute atomic E-state index is 12.2. The molecule has 22 heavy (non-hydrogen) atoms. The van der Waals surface area contributed by atoms with Gasteiger partial charge in [0.25, 0.3) is 5.75 Å². The number of benzene rings is 2. The van der Waals surface area contributed by atoms with Crippen molar-refractivity contribution in [1.29, 1.82) is 0 Å². The number of phenols is 2. The van der Waals surface area contributed by atoms with Crippen molar-refractivity contribution < 1.29 is 24.9 Å². The van der Waals surface area contributed by atoms with Crippen LogP contribution in [0.15, 0.2) is 36.4 Å². The molecule has 0 spiro atoms. The molecule has 0 aromatic heterocycles. The Morgan fingerprint density at radius 3 is 2.05 bits per heavy atom. The Bertz CT molecular complexity index is 787. The van der Waals surface area contributed by atoms with Gasteiger partial charge < -0.3 is 10.2 Å². The van der Waals surface area contributed by atoms with E-state index >= 15 is 0 Å². The van der Waals surface area contributed by atoms with Gasteiger partial charge in [-0.2, -0.15) is 0 Å². The van der Waals surface area contributed by atoms with Crippen molar-refractivity contribution in [3.63, 3.8) is 0 Å². The molecule has 0 amide bonds. The van der Waals surface area contributed by atoms with E-state index < -0.39 is 44.1 Å². The Morgan fingerprint density at radius 2 is 1.55 bits per heavy atom. The van der Waals surface area contributed by atoms with Crippen LogP contribution in [0.3, 0.4) is 0 Å². The van der Waals surface area contributed by atoms with Crippen LogP contribution in [0.4, 0.5) is 11.4 Å². The fourth-order valence-corrected chi connectivity index (χ4v) is 1.86. The van der Waals surface area contributed by atoms with Crippen molar-refractivity contribution >= 4 is 17.2 Å². The standard InChI is InChI=1S/C13H8N2O7/c16-11(7-4-2-1-3-5-7)8-6-9(14(19)20)13(18)10(12(8)17)15(21)22/h1-6,17-18H. The highest BCUT2D eigenvalue weighted by atomic mass is 16.6. The van der Waals surface area contributed by atoms with Gasteiger partial charge in [0.05, 0.1) is 15.4 Å². The van der Waals surface area contributed by atoms with E-state index in [1.807, 2.05) is 0 Å². The third-order valence-electron chi connectivity index (χ3n) is 2.89. The topological polar surface area (TPSA) is 144 Å². The van der Waals surface area contributed by atoms with Crippen LogP contribution in [-0.4, -0.2) is 25.8 Å². The van der Waals surface area contributed by atoms with Crippen molar-refractivity contribution in [3.05, 3.63) is 67.8 Å². The van der Waals surface area contributed by atoms with Gasteiger partial charge >= 0.3 is 11.4 Å².